The summed E-state index contributed by atoms with van der Waals surface area (Å²) in [5.74, 6) is 0.288. The van der Waals surface area contributed by atoms with Crippen LogP contribution in [0.2, 0.25) is 0 Å². The minimum absolute atomic E-state index is 0.0776. The standard InChI is InChI=1S/C14H21IO2/c1-4-5-8-12(15)13(16)14(10-17-3)9-6-7-11(14)2/h6-7,9,12H,4-5,8,10H2,1-3H3. The average molecular weight is 348 g/mol. The first-order valence-electron chi connectivity index (χ1n) is 6.12. The molecule has 1 rings (SSSR count). The second-order valence-electron chi connectivity index (χ2n) is 4.59. The number of ketones is 1. The fraction of sp³-hybridized carbons (Fsp3) is 0.643. The Bertz CT molecular complexity index is 333. The zero-order valence-corrected chi connectivity index (χ0v) is 13.0. The molecule has 0 radical (unpaired) electrons. The van der Waals surface area contributed by atoms with Gasteiger partial charge in [0.05, 0.1) is 15.9 Å². The van der Waals surface area contributed by atoms with E-state index in [-0.39, 0.29) is 9.71 Å². The SMILES string of the molecule is CCCCC(I)C(=O)C1(COC)C=CC=C1C. The number of carbonyl (C=O) groups is 1. The van der Waals surface area contributed by atoms with Crippen molar-refractivity contribution in [3.05, 3.63) is 23.8 Å². The van der Waals surface area contributed by atoms with E-state index in [0.717, 1.165) is 24.8 Å². The molecule has 1 aliphatic rings. The fourth-order valence-electron chi connectivity index (χ4n) is 2.17. The molecule has 2 nitrogen and oxygen atoms in total. The zero-order chi connectivity index (χ0) is 12.9. The summed E-state index contributed by atoms with van der Waals surface area (Å²) in [6, 6.07) is 0. The van der Waals surface area contributed by atoms with Gasteiger partial charge in [0.25, 0.3) is 0 Å². The highest BCUT2D eigenvalue weighted by atomic mass is 127. The summed E-state index contributed by atoms with van der Waals surface area (Å²) < 4.78 is 5.34. The van der Waals surface area contributed by atoms with Crippen molar-refractivity contribution in [2.45, 2.75) is 37.0 Å². The molecule has 0 aromatic heterocycles. The first kappa shape index (κ1) is 14.9. The maximum Gasteiger partial charge on any atom is 0.161 e. The normalized spacial score (nSPS) is 24.8. The molecule has 3 heteroatoms. The van der Waals surface area contributed by atoms with Gasteiger partial charge < -0.3 is 4.74 Å². The van der Waals surface area contributed by atoms with Crippen molar-refractivity contribution in [3.8, 4) is 0 Å². The highest BCUT2D eigenvalue weighted by Gasteiger charge is 2.41. The lowest BCUT2D eigenvalue weighted by molar-refractivity contribution is -0.125. The minimum Gasteiger partial charge on any atom is -0.383 e. The van der Waals surface area contributed by atoms with Crippen molar-refractivity contribution in [2.75, 3.05) is 13.7 Å². The summed E-state index contributed by atoms with van der Waals surface area (Å²) in [6.07, 6.45) is 9.17. The summed E-state index contributed by atoms with van der Waals surface area (Å²) >= 11 is 2.27. The molecule has 0 heterocycles. The molecule has 0 amide bonds. The van der Waals surface area contributed by atoms with E-state index in [9.17, 15) is 4.79 Å². The number of carbonyl (C=O) groups excluding carboxylic acids is 1. The van der Waals surface area contributed by atoms with Gasteiger partial charge in [-0.25, -0.2) is 0 Å². The lowest BCUT2D eigenvalue weighted by Crippen LogP contribution is -2.38. The van der Waals surface area contributed by atoms with Crippen LogP contribution in [-0.2, 0) is 9.53 Å². The molecule has 1 aliphatic carbocycles. The Morgan fingerprint density at radius 1 is 1.59 bits per heavy atom. The number of allylic oxidation sites excluding steroid dienone is 2. The highest BCUT2D eigenvalue weighted by molar-refractivity contribution is 14.1. The summed E-state index contributed by atoms with van der Waals surface area (Å²) in [4.78, 5) is 12.6. The third-order valence-corrected chi connectivity index (χ3v) is 4.53. The van der Waals surface area contributed by atoms with Crippen LogP contribution in [0, 0.1) is 5.41 Å². The quantitative estimate of drug-likeness (QED) is 0.518. The van der Waals surface area contributed by atoms with Gasteiger partial charge in [0.15, 0.2) is 5.78 Å². The Kier molecular flexibility index (Phi) is 5.86. The van der Waals surface area contributed by atoms with Crippen molar-refractivity contribution in [2.24, 2.45) is 5.41 Å². The van der Waals surface area contributed by atoms with Gasteiger partial charge in [0.1, 0.15) is 0 Å². The first-order chi connectivity index (χ1) is 8.08. The smallest absolute Gasteiger partial charge is 0.161 e. The van der Waals surface area contributed by atoms with Crippen LogP contribution in [0.5, 0.6) is 0 Å². The summed E-state index contributed by atoms with van der Waals surface area (Å²) in [5.41, 5.74) is 0.594. The molecule has 96 valence electrons. The van der Waals surface area contributed by atoms with E-state index in [4.69, 9.17) is 4.74 Å². The van der Waals surface area contributed by atoms with Gasteiger partial charge in [-0.2, -0.15) is 0 Å². The molecule has 0 spiro atoms. The number of alkyl halides is 1. The lowest BCUT2D eigenvalue weighted by atomic mass is 9.78. The number of unbranched alkanes of at least 4 members (excludes halogenated alkanes) is 1. The number of halogens is 1. The molecule has 0 saturated heterocycles. The molecule has 0 saturated carbocycles. The van der Waals surface area contributed by atoms with Gasteiger partial charge >= 0.3 is 0 Å². The number of ether oxygens (including phenoxy) is 1. The first-order valence-corrected chi connectivity index (χ1v) is 7.37. The Morgan fingerprint density at radius 3 is 2.76 bits per heavy atom. The summed E-state index contributed by atoms with van der Waals surface area (Å²) in [7, 11) is 1.66. The van der Waals surface area contributed by atoms with Crippen molar-refractivity contribution < 1.29 is 9.53 Å². The molecular weight excluding hydrogens is 327 g/mol. The number of hydrogen-bond acceptors (Lipinski definition) is 2. The predicted molar refractivity (Wildman–Crippen MR) is 79.5 cm³/mol. The summed E-state index contributed by atoms with van der Waals surface area (Å²) in [6.45, 7) is 4.62. The molecule has 2 unspecified atom stereocenters. The summed E-state index contributed by atoms with van der Waals surface area (Å²) in [5, 5.41) is 0. The third kappa shape index (κ3) is 3.19. The van der Waals surface area contributed by atoms with Gasteiger partial charge in [0.2, 0.25) is 0 Å². The second-order valence-corrected chi connectivity index (χ2v) is 6.09. The Balaban J connectivity index is 2.82. The maximum absolute atomic E-state index is 12.6. The molecule has 0 bridgehead atoms. The topological polar surface area (TPSA) is 26.3 Å². The lowest BCUT2D eigenvalue weighted by Gasteiger charge is -2.29. The van der Waals surface area contributed by atoms with Crippen molar-refractivity contribution in [3.63, 3.8) is 0 Å². The van der Waals surface area contributed by atoms with E-state index >= 15 is 0 Å². The second kappa shape index (κ2) is 6.69. The number of methoxy groups -OCH3 is 1. The Hall–Kier alpha value is -0.160. The Labute approximate surface area is 118 Å². The van der Waals surface area contributed by atoms with Gasteiger partial charge in [-0.3, -0.25) is 4.79 Å². The van der Waals surface area contributed by atoms with Crippen LogP contribution in [0.4, 0.5) is 0 Å². The molecule has 0 fully saturated rings. The predicted octanol–water partition coefficient (Wildman–Crippen LogP) is 3.70. The molecule has 0 aliphatic heterocycles. The molecule has 0 aromatic rings. The molecule has 2 atom stereocenters. The van der Waals surface area contributed by atoms with E-state index in [0.29, 0.717) is 6.61 Å². The van der Waals surface area contributed by atoms with Crippen molar-refractivity contribution in [1.82, 2.24) is 0 Å². The van der Waals surface area contributed by atoms with E-state index in [1.165, 1.54) is 0 Å². The third-order valence-electron chi connectivity index (χ3n) is 3.34. The van der Waals surface area contributed by atoms with Gasteiger partial charge in [-0.1, -0.05) is 66.2 Å². The molecule has 0 N–H and O–H groups in total. The van der Waals surface area contributed by atoms with Crippen LogP contribution in [0.25, 0.3) is 0 Å². The van der Waals surface area contributed by atoms with Crippen LogP contribution >= 0.6 is 22.6 Å². The van der Waals surface area contributed by atoms with E-state index in [1.807, 2.05) is 25.2 Å². The number of Topliss-reactive ketones (excluding diaryl/α,β-unsaturated/α-hetero) is 1. The molecule has 17 heavy (non-hydrogen) atoms. The zero-order valence-electron chi connectivity index (χ0n) is 10.8. The van der Waals surface area contributed by atoms with Gasteiger partial charge in [0, 0.05) is 7.11 Å². The number of hydrogen-bond donors (Lipinski definition) is 0. The van der Waals surface area contributed by atoms with Crippen LogP contribution in [0.3, 0.4) is 0 Å². The van der Waals surface area contributed by atoms with Crippen molar-refractivity contribution in [1.29, 1.82) is 0 Å². The Morgan fingerprint density at radius 2 is 2.29 bits per heavy atom. The van der Waals surface area contributed by atoms with E-state index < -0.39 is 5.41 Å². The van der Waals surface area contributed by atoms with Crippen LogP contribution < -0.4 is 0 Å². The van der Waals surface area contributed by atoms with Crippen molar-refractivity contribution >= 4 is 28.4 Å². The largest absolute Gasteiger partial charge is 0.383 e. The maximum atomic E-state index is 12.6. The monoisotopic (exact) mass is 348 g/mol. The fourth-order valence-corrected chi connectivity index (χ4v) is 3.16. The van der Waals surface area contributed by atoms with Crippen LogP contribution in [-0.4, -0.2) is 23.4 Å². The van der Waals surface area contributed by atoms with Crippen LogP contribution in [0.15, 0.2) is 23.8 Å². The van der Waals surface area contributed by atoms with E-state index in [1.54, 1.807) is 7.11 Å². The van der Waals surface area contributed by atoms with Gasteiger partial charge in [-0.05, 0) is 13.3 Å². The number of rotatable bonds is 7. The average Bonchev–Trinajstić information content (AvgIpc) is 2.68. The minimum atomic E-state index is -0.506. The van der Waals surface area contributed by atoms with Gasteiger partial charge in [-0.15, -0.1) is 0 Å². The molecule has 0 aromatic carbocycles. The van der Waals surface area contributed by atoms with Crippen LogP contribution in [0.1, 0.15) is 33.1 Å². The highest BCUT2D eigenvalue weighted by Crippen LogP contribution is 2.38. The molecular formula is C14H21IO2. The van der Waals surface area contributed by atoms with E-state index in [2.05, 4.69) is 29.5 Å².